The molecule has 4 heteroatoms. The maximum Gasteiger partial charge on any atom is 0.255 e. The molecule has 0 atom stereocenters. The lowest BCUT2D eigenvalue weighted by atomic mass is 10.1. The number of amides is 1. The van der Waals surface area contributed by atoms with E-state index in [2.05, 4.69) is 49.9 Å². The van der Waals surface area contributed by atoms with Gasteiger partial charge in [0.25, 0.3) is 5.91 Å². The third-order valence-electron chi connectivity index (χ3n) is 4.71. The maximum atomic E-state index is 12.8. The number of piperazine rings is 1. The number of anilines is 1. The average molecular weight is 328 g/mol. The van der Waals surface area contributed by atoms with Gasteiger partial charge in [-0.1, -0.05) is 25.1 Å². The molecule has 0 radical (unpaired) electrons. The van der Waals surface area contributed by atoms with Crippen molar-refractivity contribution in [1.82, 2.24) is 4.90 Å². The Hall–Kier alpha value is -1.81. The number of para-hydroxylation sites is 1. The number of aryl methyl sites for hydroxylation is 2. The summed E-state index contributed by atoms with van der Waals surface area (Å²) in [6.45, 7) is 9.78. The Morgan fingerprint density at radius 2 is 1.83 bits per heavy atom. The van der Waals surface area contributed by atoms with Gasteiger partial charge >= 0.3 is 0 Å². The van der Waals surface area contributed by atoms with Crippen LogP contribution in [-0.2, 0) is 6.42 Å². The van der Waals surface area contributed by atoms with Gasteiger partial charge in [0.05, 0.1) is 5.56 Å². The molecule has 0 saturated carbocycles. The second-order valence-electron chi connectivity index (χ2n) is 6.10. The number of hydrogen-bond donors (Lipinski definition) is 0. The summed E-state index contributed by atoms with van der Waals surface area (Å²) < 4.78 is 0. The molecule has 0 spiro atoms. The van der Waals surface area contributed by atoms with Gasteiger partial charge in [-0.2, -0.15) is 0 Å². The van der Waals surface area contributed by atoms with E-state index in [-0.39, 0.29) is 5.91 Å². The van der Waals surface area contributed by atoms with Crippen molar-refractivity contribution in [2.24, 2.45) is 0 Å². The molecule has 23 heavy (non-hydrogen) atoms. The van der Waals surface area contributed by atoms with Crippen molar-refractivity contribution >= 4 is 22.9 Å². The Morgan fingerprint density at radius 1 is 1.13 bits per heavy atom. The first kappa shape index (κ1) is 16.1. The molecule has 0 N–H and O–H groups in total. The second-order valence-corrected chi connectivity index (χ2v) is 7.19. The standard InChI is InChI=1S/C19H24N2OS/c1-4-16-15(3)23-13-17(16)19(22)21-11-9-20(10-12-21)18-8-6-5-7-14(18)2/h5-8,13H,4,9-12H2,1-3H3. The fourth-order valence-electron chi connectivity index (χ4n) is 3.34. The smallest absolute Gasteiger partial charge is 0.255 e. The number of hydrogen-bond acceptors (Lipinski definition) is 3. The summed E-state index contributed by atoms with van der Waals surface area (Å²) in [5, 5.41) is 2.03. The summed E-state index contributed by atoms with van der Waals surface area (Å²) in [4.78, 5) is 18.5. The summed E-state index contributed by atoms with van der Waals surface area (Å²) >= 11 is 1.69. The van der Waals surface area contributed by atoms with Crippen molar-refractivity contribution in [2.45, 2.75) is 27.2 Å². The SMILES string of the molecule is CCc1c(C(=O)N2CCN(c3ccccc3C)CC2)csc1C. The molecular weight excluding hydrogens is 304 g/mol. The quantitative estimate of drug-likeness (QED) is 0.853. The molecule has 122 valence electrons. The molecule has 2 aromatic rings. The predicted octanol–water partition coefficient (Wildman–Crippen LogP) is 3.89. The third kappa shape index (κ3) is 3.13. The molecule has 0 bridgehead atoms. The highest BCUT2D eigenvalue weighted by molar-refractivity contribution is 7.10. The molecule has 1 fully saturated rings. The lowest BCUT2D eigenvalue weighted by Gasteiger charge is -2.36. The van der Waals surface area contributed by atoms with E-state index in [1.807, 2.05) is 10.3 Å². The number of rotatable bonds is 3. The fourth-order valence-corrected chi connectivity index (χ4v) is 4.27. The van der Waals surface area contributed by atoms with Gasteiger partial charge in [-0.3, -0.25) is 4.79 Å². The van der Waals surface area contributed by atoms with Crippen molar-refractivity contribution in [2.75, 3.05) is 31.1 Å². The van der Waals surface area contributed by atoms with Crippen molar-refractivity contribution in [1.29, 1.82) is 0 Å². The molecule has 1 aliphatic heterocycles. The van der Waals surface area contributed by atoms with Gasteiger partial charge < -0.3 is 9.80 Å². The van der Waals surface area contributed by atoms with Crippen LogP contribution in [0.25, 0.3) is 0 Å². The normalized spacial score (nSPS) is 15.1. The minimum absolute atomic E-state index is 0.204. The number of benzene rings is 1. The van der Waals surface area contributed by atoms with Crippen LogP contribution in [0.1, 0.15) is 33.3 Å². The van der Waals surface area contributed by atoms with Crippen molar-refractivity contribution < 1.29 is 4.79 Å². The summed E-state index contributed by atoms with van der Waals surface area (Å²) in [5.41, 5.74) is 4.73. The lowest BCUT2D eigenvalue weighted by Crippen LogP contribution is -2.49. The molecule has 2 heterocycles. The monoisotopic (exact) mass is 328 g/mol. The van der Waals surface area contributed by atoms with Crippen LogP contribution in [0.15, 0.2) is 29.6 Å². The highest BCUT2D eigenvalue weighted by atomic mass is 32.1. The van der Waals surface area contributed by atoms with Crippen LogP contribution in [0, 0.1) is 13.8 Å². The Balaban J connectivity index is 1.69. The first-order valence-electron chi connectivity index (χ1n) is 8.28. The number of thiophene rings is 1. The van der Waals surface area contributed by atoms with Crippen LogP contribution < -0.4 is 4.90 Å². The Morgan fingerprint density at radius 3 is 2.48 bits per heavy atom. The van der Waals surface area contributed by atoms with Gasteiger partial charge in [0.2, 0.25) is 0 Å². The van der Waals surface area contributed by atoms with Gasteiger partial charge in [0.15, 0.2) is 0 Å². The minimum atomic E-state index is 0.204. The summed E-state index contributed by atoms with van der Waals surface area (Å²) in [7, 11) is 0. The zero-order valence-electron chi connectivity index (χ0n) is 14.1. The fraction of sp³-hybridized carbons (Fsp3) is 0.421. The molecule has 3 nitrogen and oxygen atoms in total. The van der Waals surface area contributed by atoms with Gasteiger partial charge in [-0.25, -0.2) is 0 Å². The molecule has 1 saturated heterocycles. The summed E-state index contributed by atoms with van der Waals surface area (Å²) in [5.74, 6) is 0.204. The Kier molecular flexibility index (Phi) is 4.71. The lowest BCUT2D eigenvalue weighted by molar-refractivity contribution is 0.0746. The van der Waals surface area contributed by atoms with Gasteiger partial charge in [-0.05, 0) is 37.5 Å². The van der Waals surface area contributed by atoms with E-state index in [1.165, 1.54) is 21.7 Å². The molecule has 1 amide bonds. The molecular formula is C19H24N2OS. The second kappa shape index (κ2) is 6.75. The van der Waals surface area contributed by atoms with E-state index in [4.69, 9.17) is 0 Å². The van der Waals surface area contributed by atoms with Crippen LogP contribution in [0.4, 0.5) is 5.69 Å². The van der Waals surface area contributed by atoms with E-state index >= 15 is 0 Å². The van der Waals surface area contributed by atoms with Gasteiger partial charge in [-0.15, -0.1) is 11.3 Å². The predicted molar refractivity (Wildman–Crippen MR) is 97.7 cm³/mol. The number of nitrogens with zero attached hydrogens (tertiary/aromatic N) is 2. The zero-order chi connectivity index (χ0) is 16.4. The number of carbonyl (C=O) groups is 1. The third-order valence-corrected chi connectivity index (χ3v) is 5.66. The van der Waals surface area contributed by atoms with E-state index < -0.39 is 0 Å². The first-order valence-corrected chi connectivity index (χ1v) is 9.16. The largest absolute Gasteiger partial charge is 0.368 e. The molecule has 3 rings (SSSR count). The van der Waals surface area contributed by atoms with Crippen LogP contribution in [0.5, 0.6) is 0 Å². The summed E-state index contributed by atoms with van der Waals surface area (Å²) in [6, 6.07) is 8.48. The first-order chi connectivity index (χ1) is 11.1. The molecule has 1 aliphatic rings. The topological polar surface area (TPSA) is 23.6 Å². The van der Waals surface area contributed by atoms with E-state index in [1.54, 1.807) is 11.3 Å². The van der Waals surface area contributed by atoms with Gasteiger partial charge in [0.1, 0.15) is 0 Å². The highest BCUT2D eigenvalue weighted by Gasteiger charge is 2.25. The highest BCUT2D eigenvalue weighted by Crippen LogP contribution is 2.25. The molecule has 0 aliphatic carbocycles. The molecule has 1 aromatic carbocycles. The summed E-state index contributed by atoms with van der Waals surface area (Å²) in [6.07, 6.45) is 0.930. The molecule has 0 unspecified atom stereocenters. The maximum absolute atomic E-state index is 12.8. The van der Waals surface area contributed by atoms with Crippen LogP contribution in [0.3, 0.4) is 0 Å². The van der Waals surface area contributed by atoms with Crippen molar-refractivity contribution in [3.63, 3.8) is 0 Å². The average Bonchev–Trinajstić information content (AvgIpc) is 2.95. The van der Waals surface area contributed by atoms with Gasteiger partial charge in [0, 0.05) is 42.1 Å². The van der Waals surface area contributed by atoms with Crippen LogP contribution in [0.2, 0.25) is 0 Å². The van der Waals surface area contributed by atoms with Crippen LogP contribution >= 0.6 is 11.3 Å². The van der Waals surface area contributed by atoms with Crippen molar-refractivity contribution in [3.8, 4) is 0 Å². The Bertz CT molecular complexity index is 699. The minimum Gasteiger partial charge on any atom is -0.368 e. The van der Waals surface area contributed by atoms with E-state index in [0.717, 1.165) is 38.2 Å². The van der Waals surface area contributed by atoms with E-state index in [9.17, 15) is 4.79 Å². The van der Waals surface area contributed by atoms with Crippen molar-refractivity contribution in [3.05, 3.63) is 51.2 Å². The van der Waals surface area contributed by atoms with Crippen LogP contribution in [-0.4, -0.2) is 37.0 Å². The zero-order valence-corrected chi connectivity index (χ0v) is 14.9. The molecule has 1 aromatic heterocycles. The Labute approximate surface area is 142 Å². The van der Waals surface area contributed by atoms with E-state index in [0.29, 0.717) is 0 Å². The number of carbonyl (C=O) groups excluding carboxylic acids is 1.